The molecule has 0 amide bonds. The average Bonchev–Trinajstić information content (AvgIpc) is 1.88. The lowest BCUT2D eigenvalue weighted by molar-refractivity contribution is 0.127. The van der Waals surface area contributed by atoms with E-state index in [9.17, 15) is 0 Å². The third-order valence-electron chi connectivity index (χ3n) is 0.274. The zero-order valence-corrected chi connectivity index (χ0v) is 5.00. The van der Waals surface area contributed by atoms with Crippen LogP contribution in [-0.4, -0.2) is 30.0 Å². The Morgan fingerprint density at radius 3 is 1.75 bits per heavy atom. The largest absolute Gasteiger partial charge is 0.396 e. The minimum Gasteiger partial charge on any atom is -0.396 e. The molecular weight excluding hydrogens is 108 g/mol. The van der Waals surface area contributed by atoms with Crippen molar-refractivity contribution in [2.24, 2.45) is 0 Å². The average molecular weight is 120 g/mol. The molecule has 0 spiro atoms. The zero-order valence-electron chi connectivity index (χ0n) is 5.00. The lowest BCUT2D eigenvalue weighted by Crippen LogP contribution is -1.82. The second-order valence-corrected chi connectivity index (χ2v) is 1.02. The zero-order chi connectivity index (χ0) is 6.83. The van der Waals surface area contributed by atoms with Gasteiger partial charge in [0, 0.05) is 6.61 Å². The fraction of sp³-hybridized carbons (Fsp3) is 0.800. The van der Waals surface area contributed by atoms with Gasteiger partial charge in [-0.15, -0.1) is 0 Å². The van der Waals surface area contributed by atoms with E-state index in [1.54, 1.807) is 13.3 Å². The molecule has 0 rings (SSSR count). The van der Waals surface area contributed by atoms with E-state index in [0.717, 1.165) is 0 Å². The molecule has 0 saturated carbocycles. The molecule has 0 saturated heterocycles. The van der Waals surface area contributed by atoms with Crippen LogP contribution < -0.4 is 0 Å². The Balaban J connectivity index is 0. The van der Waals surface area contributed by atoms with Crippen LogP contribution >= 0.6 is 0 Å². The molecule has 0 heterocycles. The summed E-state index contributed by atoms with van der Waals surface area (Å²) < 4.78 is 0. The second-order valence-electron chi connectivity index (χ2n) is 1.02. The summed E-state index contributed by atoms with van der Waals surface area (Å²) in [4.78, 5) is 0. The highest BCUT2D eigenvalue weighted by Crippen LogP contribution is 1.58. The summed E-state index contributed by atoms with van der Waals surface area (Å²) in [5.74, 6) is 0. The fourth-order valence-electron chi connectivity index (χ4n) is 0. The van der Waals surface area contributed by atoms with Gasteiger partial charge in [0.05, 0.1) is 6.61 Å². The van der Waals surface area contributed by atoms with Crippen LogP contribution in [-0.2, 0) is 5.11 Å². The fourth-order valence-corrected chi connectivity index (χ4v) is 0. The Morgan fingerprint density at radius 1 is 1.50 bits per heavy atom. The summed E-state index contributed by atoms with van der Waals surface area (Å²) in [6.07, 6.45) is 1.68. The maximum absolute atomic E-state index is 9.05. The maximum atomic E-state index is 9.05. The van der Waals surface area contributed by atoms with Crippen molar-refractivity contribution in [2.45, 2.75) is 6.92 Å². The van der Waals surface area contributed by atoms with Crippen molar-refractivity contribution in [1.29, 1.82) is 0 Å². The molecule has 0 fully saturated rings. The van der Waals surface area contributed by atoms with Gasteiger partial charge in [0.15, 0.2) is 0 Å². The van der Waals surface area contributed by atoms with Crippen LogP contribution in [0.5, 0.6) is 0 Å². The van der Waals surface area contributed by atoms with Crippen molar-refractivity contribution in [3.63, 3.8) is 0 Å². The van der Waals surface area contributed by atoms with Crippen molar-refractivity contribution in [3.8, 4) is 0 Å². The van der Waals surface area contributed by atoms with E-state index in [2.05, 4.69) is 0 Å². The van der Waals surface area contributed by atoms with Crippen LogP contribution in [0.15, 0.2) is 0 Å². The lowest BCUT2D eigenvalue weighted by Gasteiger charge is -1.68. The number of rotatable bonds is 2. The van der Waals surface area contributed by atoms with Crippen molar-refractivity contribution < 1.29 is 15.3 Å². The Bertz CT molecular complexity index is 15.6. The summed E-state index contributed by atoms with van der Waals surface area (Å²) in [5.41, 5.74) is 0. The second kappa shape index (κ2) is 15.8. The number of aliphatic hydroxyl groups excluding tert-OH is 2. The van der Waals surface area contributed by atoms with Gasteiger partial charge in [-0.1, -0.05) is 6.92 Å². The molecule has 2 N–H and O–H groups in total. The van der Waals surface area contributed by atoms with Crippen LogP contribution in [0.4, 0.5) is 0 Å². The SMILES string of the molecule is C[CH]CO.[O]CCO. The third kappa shape index (κ3) is 39.6. The Morgan fingerprint density at radius 2 is 1.75 bits per heavy atom. The molecule has 3 nitrogen and oxygen atoms in total. The van der Waals surface area contributed by atoms with E-state index < -0.39 is 0 Å². The first-order chi connectivity index (χ1) is 3.83. The lowest BCUT2D eigenvalue weighted by atomic mass is 10.5. The topological polar surface area (TPSA) is 60.4 Å². The van der Waals surface area contributed by atoms with E-state index in [4.69, 9.17) is 15.3 Å². The van der Waals surface area contributed by atoms with E-state index in [-0.39, 0.29) is 19.8 Å². The number of aliphatic hydroxyl groups is 2. The van der Waals surface area contributed by atoms with Gasteiger partial charge < -0.3 is 10.2 Å². The molecule has 0 aromatic heterocycles. The van der Waals surface area contributed by atoms with Gasteiger partial charge in [-0.25, -0.2) is 5.11 Å². The quantitative estimate of drug-likeness (QED) is 0.521. The molecule has 2 radical (unpaired) electrons. The highest BCUT2D eigenvalue weighted by atomic mass is 16.3. The van der Waals surface area contributed by atoms with Crippen LogP contribution in [0, 0.1) is 6.42 Å². The molecular formula is C5H12O3. The molecule has 8 heavy (non-hydrogen) atoms. The molecule has 0 bridgehead atoms. The van der Waals surface area contributed by atoms with Crippen molar-refractivity contribution >= 4 is 0 Å². The van der Waals surface area contributed by atoms with Gasteiger partial charge in [0.25, 0.3) is 0 Å². The highest BCUT2D eigenvalue weighted by Gasteiger charge is 1.61. The predicted molar refractivity (Wildman–Crippen MR) is 29.7 cm³/mol. The summed E-state index contributed by atoms with van der Waals surface area (Å²) >= 11 is 0. The molecule has 50 valence electrons. The molecule has 3 heteroatoms. The monoisotopic (exact) mass is 120 g/mol. The van der Waals surface area contributed by atoms with Gasteiger partial charge in [-0.3, -0.25) is 0 Å². The van der Waals surface area contributed by atoms with Crippen molar-refractivity contribution in [2.75, 3.05) is 19.8 Å². The van der Waals surface area contributed by atoms with Gasteiger partial charge >= 0.3 is 0 Å². The summed E-state index contributed by atoms with van der Waals surface area (Å²) in [6, 6.07) is 0. The first-order valence-electron chi connectivity index (χ1n) is 2.41. The first-order valence-corrected chi connectivity index (χ1v) is 2.41. The van der Waals surface area contributed by atoms with Crippen LogP contribution in [0.2, 0.25) is 0 Å². The summed E-state index contributed by atoms with van der Waals surface area (Å²) in [6.45, 7) is 1.39. The van der Waals surface area contributed by atoms with E-state index in [1.807, 2.05) is 0 Å². The number of hydrogen-bond donors (Lipinski definition) is 2. The van der Waals surface area contributed by atoms with Crippen molar-refractivity contribution in [3.05, 3.63) is 6.42 Å². The minimum atomic E-state index is -0.375. The van der Waals surface area contributed by atoms with Crippen molar-refractivity contribution in [1.82, 2.24) is 0 Å². The van der Waals surface area contributed by atoms with Crippen LogP contribution in [0.1, 0.15) is 6.92 Å². The van der Waals surface area contributed by atoms with E-state index in [0.29, 0.717) is 0 Å². The van der Waals surface area contributed by atoms with E-state index in [1.165, 1.54) is 0 Å². The summed E-state index contributed by atoms with van der Waals surface area (Å²) in [5, 5.41) is 24.4. The molecule has 0 aromatic rings. The van der Waals surface area contributed by atoms with E-state index >= 15 is 0 Å². The Labute approximate surface area is 49.6 Å². The van der Waals surface area contributed by atoms with Gasteiger partial charge in [0.2, 0.25) is 0 Å². The molecule has 0 aromatic carbocycles. The van der Waals surface area contributed by atoms with Gasteiger partial charge in [-0.2, -0.15) is 0 Å². The third-order valence-corrected chi connectivity index (χ3v) is 0.274. The molecule has 0 aliphatic heterocycles. The van der Waals surface area contributed by atoms with Crippen LogP contribution in [0.25, 0.3) is 0 Å². The minimum absolute atomic E-state index is 0.194. The first kappa shape index (κ1) is 10.8. The maximum Gasteiger partial charge on any atom is 0.105 e. The molecule has 0 aliphatic carbocycles. The van der Waals surface area contributed by atoms with Gasteiger partial charge in [0.1, 0.15) is 6.61 Å². The molecule has 0 unspecified atom stereocenters. The molecule has 0 atom stereocenters. The molecule has 0 aliphatic rings. The normalized spacial score (nSPS) is 7.50. The number of hydrogen-bond acceptors (Lipinski definition) is 2. The highest BCUT2D eigenvalue weighted by molar-refractivity contribution is 4.46. The van der Waals surface area contributed by atoms with Crippen LogP contribution in [0.3, 0.4) is 0 Å². The standard InChI is InChI=1S/C3H7O.C2H5O2/c1-2-3-4;3-1-2-4/h2,4H,3H2,1H3;3H,1-2H2. The predicted octanol–water partition coefficient (Wildman–Crippen LogP) is -0.388. The Hall–Kier alpha value is -0.120. The van der Waals surface area contributed by atoms with Gasteiger partial charge in [-0.05, 0) is 6.42 Å². The smallest absolute Gasteiger partial charge is 0.105 e. The summed E-state index contributed by atoms with van der Waals surface area (Å²) in [7, 11) is 0. The Kier molecular flexibility index (Phi) is 21.3.